The quantitative estimate of drug-likeness (QED) is 0.167. The minimum absolute atomic E-state index is 0.0647. The fraction of sp³-hybridized carbons (Fsp3) is 0. The highest BCUT2D eigenvalue weighted by Crippen LogP contribution is 2.26. The van der Waals surface area contributed by atoms with E-state index < -0.39 is 63.5 Å². The van der Waals surface area contributed by atoms with Gasteiger partial charge in [0.1, 0.15) is 16.9 Å². The molecule has 1 aromatic heterocycles. The molecule has 144 valence electrons. The summed E-state index contributed by atoms with van der Waals surface area (Å²) in [5.74, 6) is -16.0. The number of hydrogen-bond acceptors (Lipinski definition) is 6. The number of rotatable bonds is 3. The number of aromatic carboxylic acids is 1. The van der Waals surface area contributed by atoms with Gasteiger partial charge in [0.25, 0.3) is 0 Å². The maximum atomic E-state index is 13.6. The summed E-state index contributed by atoms with van der Waals surface area (Å²) in [5, 5.41) is 10.8. The van der Waals surface area contributed by atoms with E-state index in [0.29, 0.717) is 0 Å². The van der Waals surface area contributed by atoms with E-state index in [1.54, 1.807) is 0 Å². The van der Waals surface area contributed by atoms with Gasteiger partial charge in [0.05, 0.1) is 11.5 Å². The van der Waals surface area contributed by atoms with Crippen molar-refractivity contribution in [2.75, 3.05) is 0 Å². The summed E-state index contributed by atoms with van der Waals surface area (Å²) >= 11 is 0. The fourth-order valence-electron chi connectivity index (χ4n) is 2.24. The first kappa shape index (κ1) is 19.0. The molecule has 0 radical (unpaired) electrons. The van der Waals surface area contributed by atoms with Gasteiger partial charge in [-0.3, -0.25) is 0 Å². The topological polar surface area (TPSA) is 96.6 Å². The normalized spacial score (nSPS) is 10.9. The molecule has 0 amide bonds. The number of carbonyl (C=O) groups excluding carboxylic acids is 2. The third-order valence-corrected chi connectivity index (χ3v) is 3.55. The second kappa shape index (κ2) is 6.76. The molecule has 0 aliphatic carbocycles. The molecule has 0 N–H and O–H groups in total. The van der Waals surface area contributed by atoms with Crippen molar-refractivity contribution < 1.29 is 45.8 Å². The molecule has 0 unspecified atom stereocenters. The maximum Gasteiger partial charge on any atom is 0.349 e. The summed E-state index contributed by atoms with van der Waals surface area (Å²) in [7, 11) is 0. The van der Waals surface area contributed by atoms with Crippen molar-refractivity contribution in [3.05, 3.63) is 74.9 Å². The summed E-state index contributed by atoms with van der Waals surface area (Å²) in [6.45, 7) is 0. The van der Waals surface area contributed by atoms with Crippen molar-refractivity contribution in [2.24, 2.45) is 0 Å². The molecule has 0 aliphatic heterocycles. The van der Waals surface area contributed by atoms with Crippen molar-refractivity contribution in [1.29, 1.82) is 0 Å². The number of hydrogen-bond donors (Lipinski definition) is 0. The highest BCUT2D eigenvalue weighted by atomic mass is 19.2. The second-order valence-electron chi connectivity index (χ2n) is 5.27. The molecule has 0 saturated heterocycles. The van der Waals surface area contributed by atoms with Gasteiger partial charge in [-0.05, 0) is 18.2 Å². The highest BCUT2D eigenvalue weighted by molar-refractivity contribution is 5.93. The van der Waals surface area contributed by atoms with Crippen molar-refractivity contribution in [3.8, 4) is 5.75 Å². The number of benzene rings is 2. The molecule has 28 heavy (non-hydrogen) atoms. The Kier molecular flexibility index (Phi) is 4.59. The molecule has 0 aliphatic rings. The van der Waals surface area contributed by atoms with Gasteiger partial charge in [0.15, 0.2) is 23.3 Å². The average Bonchev–Trinajstić information content (AvgIpc) is 2.64. The Hall–Kier alpha value is -3.76. The van der Waals surface area contributed by atoms with Crippen LogP contribution in [-0.4, -0.2) is 11.9 Å². The molecule has 0 spiro atoms. The van der Waals surface area contributed by atoms with Crippen LogP contribution in [0.3, 0.4) is 0 Å². The molecule has 0 saturated carbocycles. The maximum absolute atomic E-state index is 13.6. The molecule has 3 aromatic rings. The summed E-state index contributed by atoms with van der Waals surface area (Å²) in [6.07, 6.45) is 0. The first-order valence-electron chi connectivity index (χ1n) is 7.14. The smallest absolute Gasteiger partial charge is 0.349 e. The van der Waals surface area contributed by atoms with Gasteiger partial charge >= 0.3 is 11.6 Å². The molecular weight excluding hydrogens is 395 g/mol. The van der Waals surface area contributed by atoms with Crippen LogP contribution < -0.4 is 15.5 Å². The van der Waals surface area contributed by atoms with Gasteiger partial charge < -0.3 is 19.1 Å². The number of ether oxygens (including phenoxy) is 1. The third-order valence-electron chi connectivity index (χ3n) is 3.55. The van der Waals surface area contributed by atoms with Crippen LogP contribution in [0, 0.1) is 29.1 Å². The minimum atomic E-state index is -2.44. The van der Waals surface area contributed by atoms with E-state index in [2.05, 4.69) is 4.74 Å². The molecule has 0 bridgehead atoms. The molecule has 11 heteroatoms. The Morgan fingerprint density at radius 3 is 2.04 bits per heavy atom. The van der Waals surface area contributed by atoms with E-state index in [4.69, 9.17) is 4.42 Å². The monoisotopic (exact) mass is 399 g/mol. The number of esters is 1. The van der Waals surface area contributed by atoms with E-state index in [-0.39, 0.29) is 11.0 Å². The van der Waals surface area contributed by atoms with Crippen LogP contribution in [0.1, 0.15) is 20.7 Å². The van der Waals surface area contributed by atoms with E-state index in [9.17, 15) is 41.4 Å². The van der Waals surface area contributed by atoms with Crippen LogP contribution in [0.25, 0.3) is 11.0 Å². The van der Waals surface area contributed by atoms with Crippen molar-refractivity contribution >= 4 is 22.9 Å². The average molecular weight is 399 g/mol. The number of halogens is 5. The summed E-state index contributed by atoms with van der Waals surface area (Å²) in [4.78, 5) is 34.2. The lowest BCUT2D eigenvalue weighted by molar-refractivity contribution is -0.255. The standard InChI is InChI=1S/C17H5F5O6/c18-10-9(11(19)13(21)14(22)12(10)20)17(26)27-6-2-1-5-3-7(15(23)24)16(25)28-8(5)4-6/h1-4H,(H,23,24)/p-1. The highest BCUT2D eigenvalue weighted by Gasteiger charge is 2.31. The predicted molar refractivity (Wildman–Crippen MR) is 78.0 cm³/mol. The fourth-order valence-corrected chi connectivity index (χ4v) is 2.24. The van der Waals surface area contributed by atoms with Gasteiger partial charge in [0, 0.05) is 11.5 Å². The van der Waals surface area contributed by atoms with E-state index in [1.807, 2.05) is 0 Å². The van der Waals surface area contributed by atoms with Crippen LogP contribution >= 0.6 is 0 Å². The van der Waals surface area contributed by atoms with Crippen LogP contribution in [0.5, 0.6) is 5.75 Å². The Morgan fingerprint density at radius 2 is 1.46 bits per heavy atom. The number of carboxylic acids is 1. The first-order valence-corrected chi connectivity index (χ1v) is 7.14. The molecule has 3 rings (SSSR count). The van der Waals surface area contributed by atoms with E-state index >= 15 is 0 Å². The Morgan fingerprint density at radius 1 is 0.893 bits per heavy atom. The minimum Gasteiger partial charge on any atom is -0.545 e. The van der Waals surface area contributed by atoms with Crippen LogP contribution in [0.2, 0.25) is 0 Å². The molecule has 2 aromatic carbocycles. The lowest BCUT2D eigenvalue weighted by Gasteiger charge is -2.09. The molecule has 0 fully saturated rings. The van der Waals surface area contributed by atoms with Gasteiger partial charge in [0.2, 0.25) is 5.82 Å². The zero-order valence-corrected chi connectivity index (χ0v) is 13.1. The van der Waals surface area contributed by atoms with Gasteiger partial charge in [-0.25, -0.2) is 31.5 Å². The lowest BCUT2D eigenvalue weighted by Crippen LogP contribution is -2.28. The first-order chi connectivity index (χ1) is 13.1. The Bertz CT molecular complexity index is 1190. The number of fused-ring (bicyclic) bond motifs is 1. The molecule has 1 heterocycles. The Labute approximate surface area is 150 Å². The molecule has 6 nitrogen and oxygen atoms in total. The summed E-state index contributed by atoms with van der Waals surface area (Å²) in [5.41, 5.74) is -4.16. The summed E-state index contributed by atoms with van der Waals surface area (Å²) < 4.78 is 75.9. The zero-order valence-electron chi connectivity index (χ0n) is 13.1. The van der Waals surface area contributed by atoms with Crippen molar-refractivity contribution in [2.45, 2.75) is 0 Å². The molecule has 0 atom stereocenters. The molecular formula is C17H4F5O6-. The number of carbonyl (C=O) groups is 2. The summed E-state index contributed by atoms with van der Waals surface area (Å²) in [6, 6.07) is 3.91. The second-order valence-corrected chi connectivity index (χ2v) is 5.27. The van der Waals surface area contributed by atoms with Gasteiger partial charge in [-0.2, -0.15) is 0 Å². The van der Waals surface area contributed by atoms with Crippen LogP contribution in [-0.2, 0) is 0 Å². The van der Waals surface area contributed by atoms with Gasteiger partial charge in [-0.1, -0.05) is 0 Å². The Balaban J connectivity index is 2.02. The van der Waals surface area contributed by atoms with Crippen LogP contribution in [0.4, 0.5) is 22.0 Å². The third kappa shape index (κ3) is 3.06. The van der Waals surface area contributed by atoms with E-state index in [0.717, 1.165) is 24.3 Å². The lowest BCUT2D eigenvalue weighted by atomic mass is 10.1. The van der Waals surface area contributed by atoms with Crippen LogP contribution in [0.15, 0.2) is 33.5 Å². The number of carboxylic acid groups (broad SMARTS) is 1. The van der Waals surface area contributed by atoms with Crippen molar-refractivity contribution in [1.82, 2.24) is 0 Å². The van der Waals surface area contributed by atoms with Gasteiger partial charge in [-0.15, -0.1) is 0 Å². The SMILES string of the molecule is O=C(Oc1ccc2cc(C(=O)[O-])c(=O)oc2c1)c1c(F)c(F)c(F)c(F)c1F. The largest absolute Gasteiger partial charge is 0.545 e. The predicted octanol–water partition coefficient (Wildman–Crippen LogP) is 2.07. The van der Waals surface area contributed by atoms with Crippen molar-refractivity contribution in [3.63, 3.8) is 0 Å². The zero-order chi connectivity index (χ0) is 20.7. The van der Waals surface area contributed by atoms with E-state index in [1.165, 1.54) is 0 Å².